The van der Waals surface area contributed by atoms with Crippen molar-refractivity contribution < 1.29 is 14.2 Å². The van der Waals surface area contributed by atoms with E-state index in [4.69, 9.17) is 0 Å². The molecule has 74 valence electrons. The van der Waals surface area contributed by atoms with Gasteiger partial charge in [-0.1, -0.05) is 36.4 Å². The minimum absolute atomic E-state index is 0.514. The minimum Gasteiger partial charge on any atom is -0.333 e. The van der Waals surface area contributed by atoms with Gasteiger partial charge in [0, 0.05) is 21.3 Å². The lowest BCUT2D eigenvalue weighted by atomic mass is 10.4. The SMILES string of the molecule is COC(OC)OC.c1ccccc1. The highest BCUT2D eigenvalue weighted by molar-refractivity contribution is 4.99. The molecule has 13 heavy (non-hydrogen) atoms. The summed E-state index contributed by atoms with van der Waals surface area (Å²) in [4.78, 5) is 0. The summed E-state index contributed by atoms with van der Waals surface area (Å²) in [6.45, 7) is -0.514. The van der Waals surface area contributed by atoms with Crippen molar-refractivity contribution in [3.63, 3.8) is 0 Å². The van der Waals surface area contributed by atoms with Crippen molar-refractivity contribution in [2.45, 2.75) is 6.48 Å². The van der Waals surface area contributed by atoms with Crippen molar-refractivity contribution in [2.24, 2.45) is 0 Å². The molecule has 0 aliphatic carbocycles. The molecular formula is C10H16O3. The molecule has 0 bridgehead atoms. The third kappa shape index (κ3) is 7.46. The third-order valence-corrected chi connectivity index (χ3v) is 1.24. The first kappa shape index (κ1) is 12.1. The third-order valence-electron chi connectivity index (χ3n) is 1.24. The molecule has 0 radical (unpaired) electrons. The highest BCUT2D eigenvalue weighted by Gasteiger charge is 1.96. The van der Waals surface area contributed by atoms with Crippen molar-refractivity contribution in [2.75, 3.05) is 21.3 Å². The van der Waals surface area contributed by atoms with E-state index in [1.54, 1.807) is 0 Å². The number of rotatable bonds is 3. The van der Waals surface area contributed by atoms with Crippen LogP contribution in [0.1, 0.15) is 0 Å². The summed E-state index contributed by atoms with van der Waals surface area (Å²) in [5, 5.41) is 0. The van der Waals surface area contributed by atoms with Gasteiger partial charge >= 0.3 is 0 Å². The lowest BCUT2D eigenvalue weighted by Gasteiger charge is -2.08. The van der Waals surface area contributed by atoms with Gasteiger partial charge in [-0.25, -0.2) is 0 Å². The molecule has 1 aromatic rings. The van der Waals surface area contributed by atoms with Gasteiger partial charge in [0.15, 0.2) is 0 Å². The van der Waals surface area contributed by atoms with Gasteiger partial charge < -0.3 is 14.2 Å². The zero-order chi connectivity index (χ0) is 9.94. The van der Waals surface area contributed by atoms with Crippen LogP contribution in [-0.4, -0.2) is 27.8 Å². The predicted octanol–water partition coefficient (Wildman–Crippen LogP) is 1.90. The Bertz CT molecular complexity index is 141. The van der Waals surface area contributed by atoms with E-state index in [-0.39, 0.29) is 0 Å². The van der Waals surface area contributed by atoms with E-state index in [1.807, 2.05) is 36.4 Å². The fourth-order valence-corrected chi connectivity index (χ4v) is 0.674. The molecule has 0 spiro atoms. The van der Waals surface area contributed by atoms with E-state index >= 15 is 0 Å². The minimum atomic E-state index is -0.514. The van der Waals surface area contributed by atoms with Crippen LogP contribution in [0.15, 0.2) is 36.4 Å². The monoisotopic (exact) mass is 184 g/mol. The number of methoxy groups -OCH3 is 3. The first-order valence-electron chi connectivity index (χ1n) is 3.93. The molecule has 0 amide bonds. The first-order chi connectivity index (χ1) is 6.35. The average molecular weight is 184 g/mol. The number of ether oxygens (including phenoxy) is 3. The fraction of sp³-hybridized carbons (Fsp3) is 0.400. The molecule has 0 atom stereocenters. The van der Waals surface area contributed by atoms with Crippen LogP contribution < -0.4 is 0 Å². The maximum Gasteiger partial charge on any atom is 0.270 e. The number of hydrogen-bond acceptors (Lipinski definition) is 3. The molecule has 0 saturated carbocycles. The number of benzene rings is 1. The zero-order valence-electron chi connectivity index (χ0n) is 8.27. The Hall–Kier alpha value is -0.900. The molecule has 0 N–H and O–H groups in total. The average Bonchev–Trinajstić information content (AvgIpc) is 2.24. The Morgan fingerprint density at radius 2 is 0.846 bits per heavy atom. The molecule has 0 saturated heterocycles. The van der Waals surface area contributed by atoms with Crippen LogP contribution in [0.2, 0.25) is 0 Å². The summed E-state index contributed by atoms with van der Waals surface area (Å²) >= 11 is 0. The highest BCUT2D eigenvalue weighted by Crippen LogP contribution is 1.87. The number of hydrogen-bond donors (Lipinski definition) is 0. The Morgan fingerprint density at radius 1 is 0.615 bits per heavy atom. The molecule has 0 aliphatic rings. The maximum atomic E-state index is 4.60. The van der Waals surface area contributed by atoms with Gasteiger partial charge in [-0.15, -0.1) is 0 Å². The lowest BCUT2D eigenvalue weighted by Crippen LogP contribution is -2.14. The second-order valence-corrected chi connectivity index (χ2v) is 2.15. The molecule has 0 fully saturated rings. The van der Waals surface area contributed by atoms with Crippen molar-refractivity contribution in [3.8, 4) is 0 Å². The van der Waals surface area contributed by atoms with E-state index in [0.717, 1.165) is 0 Å². The molecule has 0 heterocycles. The Morgan fingerprint density at radius 3 is 0.923 bits per heavy atom. The van der Waals surface area contributed by atoms with Gasteiger partial charge in [-0.2, -0.15) is 0 Å². The molecule has 1 rings (SSSR count). The molecule has 0 aliphatic heterocycles. The van der Waals surface area contributed by atoms with Crippen LogP contribution in [0.3, 0.4) is 0 Å². The topological polar surface area (TPSA) is 27.7 Å². The van der Waals surface area contributed by atoms with Crippen LogP contribution in [0, 0.1) is 0 Å². The summed E-state index contributed by atoms with van der Waals surface area (Å²) in [7, 11) is 4.53. The van der Waals surface area contributed by atoms with Crippen molar-refractivity contribution in [1.82, 2.24) is 0 Å². The summed E-state index contributed by atoms with van der Waals surface area (Å²) in [6, 6.07) is 12.0. The summed E-state index contributed by atoms with van der Waals surface area (Å²) < 4.78 is 13.8. The highest BCUT2D eigenvalue weighted by atomic mass is 16.8. The summed E-state index contributed by atoms with van der Waals surface area (Å²) in [5.74, 6) is 0. The first-order valence-corrected chi connectivity index (χ1v) is 3.93. The Labute approximate surface area is 79.2 Å². The van der Waals surface area contributed by atoms with E-state index in [2.05, 4.69) is 14.2 Å². The van der Waals surface area contributed by atoms with Gasteiger partial charge in [0.2, 0.25) is 0 Å². The molecular weight excluding hydrogens is 168 g/mol. The second kappa shape index (κ2) is 9.19. The Kier molecular flexibility index (Phi) is 8.55. The van der Waals surface area contributed by atoms with Crippen molar-refractivity contribution >= 4 is 0 Å². The molecule has 3 nitrogen and oxygen atoms in total. The van der Waals surface area contributed by atoms with E-state index in [9.17, 15) is 0 Å². The molecule has 1 aromatic carbocycles. The van der Waals surface area contributed by atoms with Gasteiger partial charge in [0.1, 0.15) is 0 Å². The molecule has 3 heteroatoms. The van der Waals surface area contributed by atoms with E-state index < -0.39 is 6.48 Å². The summed E-state index contributed by atoms with van der Waals surface area (Å²) in [5.41, 5.74) is 0. The van der Waals surface area contributed by atoms with Gasteiger partial charge in [-0.05, 0) is 0 Å². The van der Waals surface area contributed by atoms with E-state index in [1.165, 1.54) is 21.3 Å². The van der Waals surface area contributed by atoms with Crippen LogP contribution in [0.4, 0.5) is 0 Å². The van der Waals surface area contributed by atoms with Gasteiger partial charge in [0.25, 0.3) is 6.48 Å². The maximum absolute atomic E-state index is 4.60. The van der Waals surface area contributed by atoms with Crippen LogP contribution in [0.25, 0.3) is 0 Å². The molecule has 0 unspecified atom stereocenters. The zero-order valence-corrected chi connectivity index (χ0v) is 8.27. The van der Waals surface area contributed by atoms with Gasteiger partial charge in [-0.3, -0.25) is 0 Å². The van der Waals surface area contributed by atoms with Crippen molar-refractivity contribution in [1.29, 1.82) is 0 Å². The van der Waals surface area contributed by atoms with E-state index in [0.29, 0.717) is 0 Å². The quantitative estimate of drug-likeness (QED) is 0.671. The molecule has 0 aromatic heterocycles. The smallest absolute Gasteiger partial charge is 0.270 e. The Balaban J connectivity index is 0.000000223. The fourth-order valence-electron chi connectivity index (χ4n) is 0.674. The summed E-state index contributed by atoms with van der Waals surface area (Å²) in [6.07, 6.45) is 0. The lowest BCUT2D eigenvalue weighted by molar-refractivity contribution is -0.252. The predicted molar refractivity (Wildman–Crippen MR) is 51.3 cm³/mol. The van der Waals surface area contributed by atoms with Crippen LogP contribution in [-0.2, 0) is 14.2 Å². The van der Waals surface area contributed by atoms with Gasteiger partial charge in [0.05, 0.1) is 0 Å². The standard InChI is InChI=1S/C6H6.C4H10O3/c1-2-4-6-5-3-1;1-5-4(6-2)7-3/h1-6H;4H,1-3H3. The largest absolute Gasteiger partial charge is 0.333 e. The van der Waals surface area contributed by atoms with Crippen molar-refractivity contribution in [3.05, 3.63) is 36.4 Å². The van der Waals surface area contributed by atoms with Crippen LogP contribution in [0.5, 0.6) is 0 Å². The second-order valence-electron chi connectivity index (χ2n) is 2.15. The normalized spacial score (nSPS) is 9.23. The van der Waals surface area contributed by atoms with Crippen LogP contribution >= 0.6 is 0 Å².